The van der Waals surface area contributed by atoms with Crippen LogP contribution in [0.25, 0.3) is 0 Å². The molecule has 0 fully saturated rings. The Balaban J connectivity index is 0.000000232. The van der Waals surface area contributed by atoms with Crippen LogP contribution in [0.5, 0.6) is 11.5 Å². The number of ether oxygens (including phenoxy) is 2. The summed E-state index contributed by atoms with van der Waals surface area (Å²) < 4.78 is 9.93. The number of fused-ring (bicyclic) bond motifs is 2. The Morgan fingerprint density at radius 3 is 2.00 bits per heavy atom. The molecule has 0 unspecified atom stereocenters. The second kappa shape index (κ2) is 6.59. The minimum absolute atomic E-state index is 0.431. The van der Waals surface area contributed by atoms with Gasteiger partial charge in [0.25, 0.3) is 6.47 Å². The van der Waals surface area contributed by atoms with Gasteiger partial charge in [0.15, 0.2) is 0 Å². The molecule has 1 heterocycles. The topological polar surface area (TPSA) is 35.5 Å². The van der Waals surface area contributed by atoms with E-state index >= 15 is 0 Å². The maximum atomic E-state index is 9.18. The SMILES string of the molecule is CCOC=O.c1ccc2c(c1)Cc1ccccc1O2. The Bertz CT molecular complexity index is 462. The van der Waals surface area contributed by atoms with Crippen molar-refractivity contribution in [2.75, 3.05) is 6.61 Å². The number of hydrogen-bond donors (Lipinski definition) is 0. The first-order valence-corrected chi connectivity index (χ1v) is 6.24. The zero-order valence-corrected chi connectivity index (χ0v) is 10.8. The molecular weight excluding hydrogens is 240 g/mol. The van der Waals surface area contributed by atoms with E-state index in [0.29, 0.717) is 13.1 Å². The van der Waals surface area contributed by atoms with Crippen LogP contribution in [0.3, 0.4) is 0 Å². The van der Waals surface area contributed by atoms with Gasteiger partial charge in [-0.1, -0.05) is 36.4 Å². The summed E-state index contributed by atoms with van der Waals surface area (Å²) in [6, 6.07) is 16.4. The number of carbonyl (C=O) groups excluding carboxylic acids is 1. The van der Waals surface area contributed by atoms with Gasteiger partial charge >= 0.3 is 0 Å². The summed E-state index contributed by atoms with van der Waals surface area (Å²) in [5.74, 6) is 1.98. The van der Waals surface area contributed by atoms with E-state index in [9.17, 15) is 4.79 Å². The molecule has 0 saturated heterocycles. The van der Waals surface area contributed by atoms with Crippen LogP contribution in [-0.2, 0) is 16.0 Å². The van der Waals surface area contributed by atoms with Gasteiger partial charge in [0.05, 0.1) is 6.61 Å². The molecule has 3 nitrogen and oxygen atoms in total. The molecule has 1 aliphatic heterocycles. The Morgan fingerprint density at radius 2 is 1.58 bits per heavy atom. The van der Waals surface area contributed by atoms with Crippen LogP contribution in [0.4, 0.5) is 0 Å². The maximum absolute atomic E-state index is 9.18. The summed E-state index contributed by atoms with van der Waals surface area (Å²) in [5, 5.41) is 0. The fraction of sp³-hybridized carbons (Fsp3) is 0.188. The van der Waals surface area contributed by atoms with Crippen molar-refractivity contribution in [3.05, 3.63) is 59.7 Å². The molecule has 3 rings (SSSR count). The Labute approximate surface area is 112 Å². The minimum Gasteiger partial charge on any atom is -0.468 e. The molecule has 0 bridgehead atoms. The third-order valence-corrected chi connectivity index (χ3v) is 2.78. The number of benzene rings is 2. The van der Waals surface area contributed by atoms with Crippen LogP contribution >= 0.6 is 0 Å². The standard InChI is InChI=1S/C13H10O.C3H6O2/c1-3-7-12-10(5-1)9-11-6-2-4-8-13(11)14-12;1-2-5-3-4/h1-8H,9H2;3H,2H2,1H3. The fourth-order valence-electron chi connectivity index (χ4n) is 1.89. The van der Waals surface area contributed by atoms with E-state index in [-0.39, 0.29) is 0 Å². The molecular formula is C16H16O3. The largest absolute Gasteiger partial charge is 0.468 e. The summed E-state index contributed by atoms with van der Waals surface area (Å²) in [6.45, 7) is 2.66. The van der Waals surface area contributed by atoms with E-state index in [1.54, 1.807) is 6.92 Å². The number of hydrogen-bond acceptors (Lipinski definition) is 3. The summed E-state index contributed by atoms with van der Waals surface area (Å²) in [5.41, 5.74) is 2.54. The average Bonchev–Trinajstić information content (AvgIpc) is 2.46. The fourth-order valence-corrected chi connectivity index (χ4v) is 1.89. The van der Waals surface area contributed by atoms with Crippen molar-refractivity contribution in [1.29, 1.82) is 0 Å². The molecule has 0 aliphatic carbocycles. The van der Waals surface area contributed by atoms with E-state index in [1.165, 1.54) is 11.1 Å². The van der Waals surface area contributed by atoms with Gasteiger partial charge in [-0.2, -0.15) is 0 Å². The molecule has 0 radical (unpaired) electrons. The highest BCUT2D eigenvalue weighted by atomic mass is 16.5. The van der Waals surface area contributed by atoms with E-state index in [2.05, 4.69) is 29.0 Å². The lowest BCUT2D eigenvalue weighted by Gasteiger charge is -2.19. The maximum Gasteiger partial charge on any atom is 0.293 e. The lowest BCUT2D eigenvalue weighted by atomic mass is 10.0. The van der Waals surface area contributed by atoms with Gasteiger partial charge in [-0.3, -0.25) is 4.79 Å². The van der Waals surface area contributed by atoms with Crippen LogP contribution in [0, 0.1) is 0 Å². The molecule has 3 heteroatoms. The average molecular weight is 256 g/mol. The molecule has 0 saturated carbocycles. The van der Waals surface area contributed by atoms with Gasteiger partial charge in [-0.15, -0.1) is 0 Å². The summed E-state index contributed by atoms with van der Waals surface area (Å²) in [6.07, 6.45) is 0.979. The van der Waals surface area contributed by atoms with E-state index in [4.69, 9.17) is 4.74 Å². The molecule has 2 aromatic carbocycles. The molecule has 2 aromatic rings. The molecule has 19 heavy (non-hydrogen) atoms. The van der Waals surface area contributed by atoms with Crippen molar-refractivity contribution < 1.29 is 14.3 Å². The minimum atomic E-state index is 0.431. The molecule has 0 spiro atoms. The summed E-state index contributed by atoms with van der Waals surface area (Å²) >= 11 is 0. The number of para-hydroxylation sites is 2. The molecule has 1 aliphatic rings. The second-order valence-electron chi connectivity index (χ2n) is 4.05. The Hall–Kier alpha value is -2.29. The lowest BCUT2D eigenvalue weighted by Crippen LogP contribution is -2.01. The van der Waals surface area contributed by atoms with E-state index < -0.39 is 0 Å². The highest BCUT2D eigenvalue weighted by Crippen LogP contribution is 2.35. The van der Waals surface area contributed by atoms with Gasteiger partial charge in [-0.05, 0) is 30.2 Å². The number of rotatable bonds is 2. The zero-order valence-electron chi connectivity index (χ0n) is 10.8. The van der Waals surface area contributed by atoms with Gasteiger partial charge in [0, 0.05) is 6.42 Å². The van der Waals surface area contributed by atoms with Gasteiger partial charge in [0.1, 0.15) is 11.5 Å². The third kappa shape index (κ3) is 3.35. The van der Waals surface area contributed by atoms with Crippen molar-refractivity contribution >= 4 is 6.47 Å². The van der Waals surface area contributed by atoms with Crippen LogP contribution in [0.1, 0.15) is 18.1 Å². The van der Waals surface area contributed by atoms with Gasteiger partial charge in [-0.25, -0.2) is 0 Å². The molecule has 0 aromatic heterocycles. The molecule has 0 N–H and O–H groups in total. The first kappa shape index (κ1) is 13.1. The quantitative estimate of drug-likeness (QED) is 0.658. The van der Waals surface area contributed by atoms with Crippen LogP contribution in [0.15, 0.2) is 48.5 Å². The first-order chi connectivity index (χ1) is 9.35. The summed E-state index contributed by atoms with van der Waals surface area (Å²) in [4.78, 5) is 9.18. The van der Waals surface area contributed by atoms with Crippen LogP contribution in [0.2, 0.25) is 0 Å². The summed E-state index contributed by atoms with van der Waals surface area (Å²) in [7, 11) is 0. The highest BCUT2D eigenvalue weighted by molar-refractivity contribution is 5.49. The molecule has 0 amide bonds. The van der Waals surface area contributed by atoms with Crippen molar-refractivity contribution in [3.63, 3.8) is 0 Å². The number of carbonyl (C=O) groups is 1. The monoisotopic (exact) mass is 256 g/mol. The van der Waals surface area contributed by atoms with Crippen molar-refractivity contribution in [3.8, 4) is 11.5 Å². The van der Waals surface area contributed by atoms with Crippen molar-refractivity contribution in [2.24, 2.45) is 0 Å². The third-order valence-electron chi connectivity index (χ3n) is 2.78. The lowest BCUT2D eigenvalue weighted by molar-refractivity contribution is -0.128. The zero-order chi connectivity index (χ0) is 13.5. The van der Waals surface area contributed by atoms with E-state index in [1.807, 2.05) is 24.3 Å². The van der Waals surface area contributed by atoms with Crippen LogP contribution < -0.4 is 4.74 Å². The molecule has 98 valence electrons. The predicted octanol–water partition coefficient (Wildman–Crippen LogP) is 3.56. The Kier molecular flexibility index (Phi) is 4.56. The smallest absolute Gasteiger partial charge is 0.293 e. The van der Waals surface area contributed by atoms with Crippen LogP contribution in [-0.4, -0.2) is 13.1 Å². The van der Waals surface area contributed by atoms with E-state index in [0.717, 1.165) is 17.9 Å². The van der Waals surface area contributed by atoms with Gasteiger partial charge < -0.3 is 9.47 Å². The molecule has 0 atom stereocenters. The Morgan fingerprint density at radius 1 is 1.05 bits per heavy atom. The van der Waals surface area contributed by atoms with Crippen molar-refractivity contribution in [1.82, 2.24) is 0 Å². The normalized spacial score (nSPS) is 11.0. The second-order valence-corrected chi connectivity index (χ2v) is 4.05. The first-order valence-electron chi connectivity index (χ1n) is 6.24. The van der Waals surface area contributed by atoms with Gasteiger partial charge in [0.2, 0.25) is 0 Å². The highest BCUT2D eigenvalue weighted by Gasteiger charge is 2.14. The predicted molar refractivity (Wildman–Crippen MR) is 73.5 cm³/mol. The van der Waals surface area contributed by atoms with Crippen molar-refractivity contribution in [2.45, 2.75) is 13.3 Å².